The van der Waals surface area contributed by atoms with Crippen LogP contribution in [-0.4, -0.2) is 19.5 Å². The molecule has 0 fully saturated rings. The maximum Gasteiger partial charge on any atom is 0.146 e. The smallest absolute Gasteiger partial charge is 0.146 e. The van der Waals surface area contributed by atoms with Crippen LogP contribution in [0.15, 0.2) is 128 Å². The molecule has 0 saturated heterocycles. The molecule has 7 heteroatoms. The number of anilines is 3. The molecular weight excluding hydrogens is 599 g/mol. The predicted molar refractivity (Wildman–Crippen MR) is 176 cm³/mol. The second-order valence-corrected chi connectivity index (χ2v) is 11.4. The van der Waals surface area contributed by atoms with Crippen LogP contribution < -0.4 is 9.47 Å². The molecule has 1 aliphatic heterocycles. The first-order chi connectivity index (χ1) is 21.7. The molecule has 0 aliphatic carbocycles. The van der Waals surface area contributed by atoms with Crippen molar-refractivity contribution >= 4 is 50.2 Å². The second kappa shape index (κ2) is 10.7. The molecule has 0 unspecified atom stereocenters. The van der Waals surface area contributed by atoms with Crippen LogP contribution in [0.3, 0.4) is 0 Å². The molecule has 0 bridgehead atoms. The SMILES string of the molecule is C[n+]1c[cH-]c2c(-c3ccc4c(n3)N(c3cccc(-n5c6ccccc6c6cccnc65)n3)c3ccccc3CC4)cccc21.[Co]. The van der Waals surface area contributed by atoms with Crippen molar-refractivity contribution < 1.29 is 21.3 Å². The fourth-order valence-electron chi connectivity index (χ4n) is 6.79. The Labute approximate surface area is 270 Å². The molecule has 0 atom stereocenters. The number of aryl methyl sites for hydroxylation is 3. The zero-order chi connectivity index (χ0) is 29.2. The van der Waals surface area contributed by atoms with Gasteiger partial charge in [0.2, 0.25) is 0 Å². The molecule has 1 aliphatic rings. The van der Waals surface area contributed by atoms with Gasteiger partial charge in [-0.1, -0.05) is 66.2 Å². The number of nitrogens with zero attached hydrogens (tertiary/aromatic N) is 6. The van der Waals surface area contributed by atoms with E-state index in [9.17, 15) is 0 Å². The van der Waals surface area contributed by atoms with Gasteiger partial charge < -0.3 is 0 Å². The van der Waals surface area contributed by atoms with Crippen molar-refractivity contribution in [3.63, 3.8) is 0 Å². The van der Waals surface area contributed by atoms with E-state index in [-0.39, 0.29) is 16.8 Å². The van der Waals surface area contributed by atoms with E-state index in [1.807, 2.05) is 12.3 Å². The summed E-state index contributed by atoms with van der Waals surface area (Å²) in [5.41, 5.74) is 8.84. The van der Waals surface area contributed by atoms with Crippen LogP contribution in [0.5, 0.6) is 0 Å². The second-order valence-electron chi connectivity index (χ2n) is 11.4. The van der Waals surface area contributed by atoms with Gasteiger partial charge in [0.1, 0.15) is 41.9 Å². The minimum Gasteiger partial charge on any atom is -0.278 e. The summed E-state index contributed by atoms with van der Waals surface area (Å²) in [5.74, 6) is 2.56. The Morgan fingerprint density at radius 1 is 0.711 bits per heavy atom. The number of benzene rings is 3. The van der Waals surface area contributed by atoms with Crippen LogP contribution in [0.4, 0.5) is 17.3 Å². The van der Waals surface area contributed by atoms with Gasteiger partial charge in [0.25, 0.3) is 0 Å². The fourth-order valence-corrected chi connectivity index (χ4v) is 6.79. The molecule has 5 aromatic heterocycles. The average molecular weight is 628 g/mol. The minimum atomic E-state index is 0. The number of hydrogen-bond acceptors (Lipinski definition) is 4. The maximum absolute atomic E-state index is 5.41. The van der Waals surface area contributed by atoms with Gasteiger partial charge in [-0.25, -0.2) is 15.0 Å². The van der Waals surface area contributed by atoms with E-state index in [1.165, 1.54) is 22.0 Å². The van der Waals surface area contributed by atoms with Crippen molar-refractivity contribution in [2.24, 2.45) is 7.05 Å². The normalized spacial score (nSPS) is 12.6. The van der Waals surface area contributed by atoms with Crippen LogP contribution in [0.25, 0.3) is 49.9 Å². The first-order valence-electron chi connectivity index (χ1n) is 15.0. The minimum absolute atomic E-state index is 0. The van der Waals surface area contributed by atoms with Gasteiger partial charge in [-0.2, -0.15) is 0 Å². The van der Waals surface area contributed by atoms with Crippen molar-refractivity contribution in [1.29, 1.82) is 0 Å². The van der Waals surface area contributed by atoms with Crippen LogP contribution in [0, 0.1) is 0 Å². The summed E-state index contributed by atoms with van der Waals surface area (Å²) in [6.07, 6.45) is 5.80. The van der Waals surface area contributed by atoms with Crippen molar-refractivity contribution in [1.82, 2.24) is 19.5 Å². The van der Waals surface area contributed by atoms with E-state index >= 15 is 0 Å². The molecule has 3 aromatic carbocycles. The third-order valence-corrected chi connectivity index (χ3v) is 8.88. The Morgan fingerprint density at radius 3 is 2.47 bits per heavy atom. The molecule has 9 rings (SSSR count). The fraction of sp³-hybridized carbons (Fsp3) is 0.0789. The van der Waals surface area contributed by atoms with Gasteiger partial charge in [0.15, 0.2) is 0 Å². The molecule has 0 saturated carbocycles. The van der Waals surface area contributed by atoms with E-state index in [2.05, 4.69) is 136 Å². The summed E-state index contributed by atoms with van der Waals surface area (Å²) >= 11 is 0. The molecule has 8 aromatic rings. The van der Waals surface area contributed by atoms with Crippen molar-refractivity contribution in [2.45, 2.75) is 12.8 Å². The quantitative estimate of drug-likeness (QED) is 0.148. The third-order valence-electron chi connectivity index (χ3n) is 8.88. The van der Waals surface area contributed by atoms with E-state index < -0.39 is 0 Å². The standard InChI is InChI=1S/C38H28N6.Co/c1-42-24-22-29-27(11-6-15-33(29)42)31-21-20-26-19-18-25-9-2-4-13-32(25)43(37(26)40-31)35-16-7-17-36(41-35)44-34-14-5-3-10-28(34)30-12-8-23-39-38(30)44;/h2-17,20-24H,18-19H2,1H3;. The largest absolute Gasteiger partial charge is 0.278 e. The summed E-state index contributed by atoms with van der Waals surface area (Å²) in [5, 5.41) is 3.47. The Bertz CT molecular complexity index is 2330. The molecule has 0 N–H and O–H groups in total. The summed E-state index contributed by atoms with van der Waals surface area (Å²) in [7, 11) is 2.08. The maximum atomic E-state index is 5.41. The number of aromatic nitrogens is 5. The number of pyridine rings is 3. The first-order valence-corrected chi connectivity index (χ1v) is 15.0. The zero-order valence-electron chi connectivity index (χ0n) is 24.6. The van der Waals surface area contributed by atoms with Gasteiger partial charge in [-0.05, 0) is 72.5 Å². The average Bonchev–Trinajstić information content (AvgIpc) is 3.57. The Balaban J connectivity index is 0.00000300. The zero-order valence-corrected chi connectivity index (χ0v) is 25.6. The summed E-state index contributed by atoms with van der Waals surface area (Å²) < 4.78 is 4.32. The van der Waals surface area contributed by atoms with Crippen LogP contribution in [0.2, 0.25) is 0 Å². The van der Waals surface area contributed by atoms with Crippen molar-refractivity contribution in [2.75, 3.05) is 4.90 Å². The van der Waals surface area contributed by atoms with E-state index in [0.29, 0.717) is 0 Å². The molecule has 6 nitrogen and oxygen atoms in total. The number of para-hydroxylation sites is 2. The first kappa shape index (κ1) is 27.3. The van der Waals surface area contributed by atoms with Gasteiger partial charge in [-0.3, -0.25) is 14.0 Å². The number of fused-ring (bicyclic) bond motifs is 6. The van der Waals surface area contributed by atoms with Gasteiger partial charge in [0.05, 0.1) is 11.2 Å². The predicted octanol–water partition coefficient (Wildman–Crippen LogP) is 7.90. The molecular formula is C38H28CoN6. The van der Waals surface area contributed by atoms with Crippen LogP contribution in [0.1, 0.15) is 11.1 Å². The number of rotatable bonds is 3. The van der Waals surface area contributed by atoms with Gasteiger partial charge in [0, 0.05) is 39.4 Å². The molecule has 45 heavy (non-hydrogen) atoms. The van der Waals surface area contributed by atoms with E-state index in [1.54, 1.807) is 0 Å². The Hall–Kier alpha value is -5.24. The monoisotopic (exact) mass is 627 g/mol. The van der Waals surface area contributed by atoms with Gasteiger partial charge >= 0.3 is 0 Å². The van der Waals surface area contributed by atoms with Crippen molar-refractivity contribution in [3.8, 4) is 17.1 Å². The molecule has 6 heterocycles. The molecule has 219 valence electrons. The van der Waals surface area contributed by atoms with Gasteiger partial charge in [-0.15, -0.1) is 11.5 Å². The van der Waals surface area contributed by atoms with Crippen molar-refractivity contribution in [3.05, 3.63) is 139 Å². The summed E-state index contributed by atoms with van der Waals surface area (Å²) in [6.45, 7) is 0. The Morgan fingerprint density at radius 2 is 1.51 bits per heavy atom. The molecule has 1 radical (unpaired) electrons. The summed E-state index contributed by atoms with van der Waals surface area (Å²) in [6, 6.07) is 40.5. The summed E-state index contributed by atoms with van der Waals surface area (Å²) in [4.78, 5) is 17.8. The van der Waals surface area contributed by atoms with Crippen LogP contribution >= 0.6 is 0 Å². The van der Waals surface area contributed by atoms with E-state index in [4.69, 9.17) is 15.0 Å². The molecule has 0 spiro atoms. The van der Waals surface area contributed by atoms with E-state index in [0.717, 1.165) is 69.2 Å². The van der Waals surface area contributed by atoms with Crippen LogP contribution in [-0.2, 0) is 36.7 Å². The Kier molecular flexibility index (Phi) is 6.51. The topological polar surface area (TPSA) is 50.7 Å². The third kappa shape index (κ3) is 4.27. The number of hydrogen-bond donors (Lipinski definition) is 0. The molecule has 0 amide bonds.